The predicted molar refractivity (Wildman–Crippen MR) is 73.6 cm³/mol. The van der Waals surface area contributed by atoms with Crippen LogP contribution in [0, 0.1) is 6.92 Å². The van der Waals surface area contributed by atoms with Crippen molar-refractivity contribution < 1.29 is 9.90 Å². The number of hydrogen-bond acceptors (Lipinski definition) is 4. The number of aryl methyl sites for hydroxylation is 2. The lowest BCUT2D eigenvalue weighted by Gasteiger charge is -2.26. The number of carbonyl (C=O) groups excluding carboxylic acids is 1. The fraction of sp³-hybridized carbons (Fsp3) is 0.357. The van der Waals surface area contributed by atoms with Crippen molar-refractivity contribution in [1.82, 2.24) is 14.8 Å². The fourth-order valence-electron chi connectivity index (χ4n) is 2.63. The molecule has 6 nitrogen and oxygen atoms in total. The number of phenolic OH excluding ortho intramolecular Hbond substituents is 1. The highest BCUT2D eigenvalue weighted by molar-refractivity contribution is 5.95. The van der Waals surface area contributed by atoms with Crippen LogP contribution in [0.2, 0.25) is 0 Å². The van der Waals surface area contributed by atoms with E-state index in [1.807, 2.05) is 19.9 Å². The molecule has 1 aromatic carbocycles. The van der Waals surface area contributed by atoms with Gasteiger partial charge in [-0.2, -0.15) is 5.10 Å². The van der Waals surface area contributed by atoms with Gasteiger partial charge in [0.15, 0.2) is 0 Å². The van der Waals surface area contributed by atoms with Gasteiger partial charge in [0.05, 0.1) is 5.92 Å². The van der Waals surface area contributed by atoms with Crippen molar-refractivity contribution in [3.05, 3.63) is 35.4 Å². The van der Waals surface area contributed by atoms with Crippen molar-refractivity contribution in [2.45, 2.75) is 32.7 Å². The van der Waals surface area contributed by atoms with E-state index >= 15 is 0 Å². The first-order valence-electron chi connectivity index (χ1n) is 6.61. The molecule has 3 rings (SSSR count). The van der Waals surface area contributed by atoms with Crippen LogP contribution >= 0.6 is 0 Å². The Bertz CT molecular complexity index is 678. The lowest BCUT2D eigenvalue weighted by molar-refractivity contribution is -0.116. The monoisotopic (exact) mass is 272 g/mol. The Labute approximate surface area is 116 Å². The summed E-state index contributed by atoms with van der Waals surface area (Å²) in [6, 6.07) is 3.50. The van der Waals surface area contributed by atoms with Crippen LogP contribution in [-0.4, -0.2) is 25.8 Å². The molecule has 0 saturated carbocycles. The summed E-state index contributed by atoms with van der Waals surface area (Å²) < 4.78 is 1.80. The quantitative estimate of drug-likeness (QED) is 0.873. The van der Waals surface area contributed by atoms with Gasteiger partial charge in [-0.3, -0.25) is 4.79 Å². The van der Waals surface area contributed by atoms with E-state index in [4.69, 9.17) is 0 Å². The number of aromatic hydroxyl groups is 1. The molecule has 0 saturated heterocycles. The zero-order chi connectivity index (χ0) is 14.3. The van der Waals surface area contributed by atoms with Gasteiger partial charge in [-0.15, -0.1) is 0 Å². The number of anilines is 1. The molecule has 0 aliphatic carbocycles. The number of aromatic nitrogens is 3. The zero-order valence-electron chi connectivity index (χ0n) is 11.4. The molecule has 1 unspecified atom stereocenters. The minimum Gasteiger partial charge on any atom is -0.508 e. The van der Waals surface area contributed by atoms with Crippen LogP contribution < -0.4 is 5.32 Å². The number of rotatable bonds is 2. The van der Waals surface area contributed by atoms with Crippen LogP contribution in [0.4, 0.5) is 5.69 Å². The number of amides is 1. The molecule has 0 fully saturated rings. The standard InChI is InChI=1S/C14H16N4O2/c1-3-18-14(15-7-16-18)10-5-13(20)17-11-6-12(19)8(2)4-9(10)11/h4,6-7,10,19H,3,5H2,1-2H3,(H,17,20). The molecule has 2 aromatic rings. The number of phenols is 1. The maximum atomic E-state index is 11.9. The van der Waals surface area contributed by atoms with Crippen molar-refractivity contribution in [3.8, 4) is 5.75 Å². The molecule has 0 bridgehead atoms. The molecular weight excluding hydrogens is 256 g/mol. The molecule has 2 heterocycles. The van der Waals surface area contributed by atoms with Crippen LogP contribution in [0.3, 0.4) is 0 Å². The number of nitrogens with zero attached hydrogens (tertiary/aromatic N) is 3. The van der Waals surface area contributed by atoms with Crippen LogP contribution in [0.25, 0.3) is 0 Å². The first-order valence-corrected chi connectivity index (χ1v) is 6.61. The predicted octanol–water partition coefficient (Wildman–Crippen LogP) is 1.79. The van der Waals surface area contributed by atoms with Gasteiger partial charge in [0.25, 0.3) is 0 Å². The second-order valence-corrected chi connectivity index (χ2v) is 4.96. The van der Waals surface area contributed by atoms with Crippen LogP contribution in [-0.2, 0) is 11.3 Å². The molecular formula is C14H16N4O2. The van der Waals surface area contributed by atoms with Crippen LogP contribution in [0.5, 0.6) is 5.75 Å². The third kappa shape index (κ3) is 1.93. The van der Waals surface area contributed by atoms with Gasteiger partial charge in [-0.05, 0) is 31.0 Å². The summed E-state index contributed by atoms with van der Waals surface area (Å²) in [5.41, 5.74) is 2.41. The van der Waals surface area contributed by atoms with Crippen molar-refractivity contribution in [2.75, 3.05) is 5.32 Å². The maximum absolute atomic E-state index is 11.9. The molecule has 1 aromatic heterocycles. The van der Waals surface area contributed by atoms with Gasteiger partial charge in [0, 0.05) is 24.7 Å². The molecule has 2 N–H and O–H groups in total. The van der Waals surface area contributed by atoms with E-state index < -0.39 is 0 Å². The van der Waals surface area contributed by atoms with E-state index in [0.717, 1.165) is 17.0 Å². The van der Waals surface area contributed by atoms with Crippen LogP contribution in [0.1, 0.15) is 36.2 Å². The molecule has 104 valence electrons. The smallest absolute Gasteiger partial charge is 0.225 e. The normalized spacial score (nSPS) is 17.7. The SMILES string of the molecule is CCn1ncnc1C1CC(=O)Nc2cc(O)c(C)cc21. The third-order valence-electron chi connectivity index (χ3n) is 3.66. The fourth-order valence-corrected chi connectivity index (χ4v) is 2.63. The summed E-state index contributed by atoms with van der Waals surface area (Å²) in [6.07, 6.45) is 1.86. The number of hydrogen-bond donors (Lipinski definition) is 2. The Hall–Kier alpha value is -2.37. The van der Waals surface area contributed by atoms with Crippen molar-refractivity contribution in [2.24, 2.45) is 0 Å². The lowest BCUT2D eigenvalue weighted by Crippen LogP contribution is -2.25. The Morgan fingerprint density at radius 2 is 2.30 bits per heavy atom. The highest BCUT2D eigenvalue weighted by Gasteiger charge is 2.30. The zero-order valence-corrected chi connectivity index (χ0v) is 11.4. The van der Waals surface area contributed by atoms with E-state index in [9.17, 15) is 9.90 Å². The molecule has 6 heteroatoms. The summed E-state index contributed by atoms with van der Waals surface area (Å²) in [5, 5.41) is 16.8. The van der Waals surface area contributed by atoms with E-state index in [2.05, 4.69) is 15.4 Å². The molecule has 1 atom stereocenters. The van der Waals surface area contributed by atoms with Gasteiger partial charge in [-0.1, -0.05) is 0 Å². The minimum absolute atomic E-state index is 0.0728. The molecule has 20 heavy (non-hydrogen) atoms. The number of benzene rings is 1. The molecule has 1 aliphatic heterocycles. The Balaban J connectivity index is 2.15. The van der Waals surface area contributed by atoms with Crippen molar-refractivity contribution in [1.29, 1.82) is 0 Å². The summed E-state index contributed by atoms with van der Waals surface area (Å²) in [6.45, 7) is 4.54. The molecule has 1 amide bonds. The van der Waals surface area contributed by atoms with Gasteiger partial charge in [0.2, 0.25) is 5.91 Å². The molecule has 1 aliphatic rings. The summed E-state index contributed by atoms with van der Waals surface area (Å²) >= 11 is 0. The second-order valence-electron chi connectivity index (χ2n) is 4.96. The maximum Gasteiger partial charge on any atom is 0.225 e. The Morgan fingerprint density at radius 3 is 3.05 bits per heavy atom. The van der Waals surface area contributed by atoms with Crippen LogP contribution in [0.15, 0.2) is 18.5 Å². The van der Waals surface area contributed by atoms with Crippen molar-refractivity contribution in [3.63, 3.8) is 0 Å². The number of fused-ring (bicyclic) bond motifs is 1. The number of carbonyl (C=O) groups is 1. The van der Waals surface area contributed by atoms with E-state index in [1.54, 1.807) is 10.7 Å². The van der Waals surface area contributed by atoms with Gasteiger partial charge in [0.1, 0.15) is 17.9 Å². The average molecular weight is 272 g/mol. The largest absolute Gasteiger partial charge is 0.508 e. The highest BCUT2D eigenvalue weighted by atomic mass is 16.3. The average Bonchev–Trinajstić information content (AvgIpc) is 2.88. The highest BCUT2D eigenvalue weighted by Crippen LogP contribution is 2.39. The van der Waals surface area contributed by atoms with Gasteiger partial charge in [-0.25, -0.2) is 9.67 Å². The molecule has 0 radical (unpaired) electrons. The lowest BCUT2D eigenvalue weighted by atomic mass is 9.88. The van der Waals surface area contributed by atoms with E-state index in [-0.39, 0.29) is 17.6 Å². The van der Waals surface area contributed by atoms with Gasteiger partial charge >= 0.3 is 0 Å². The number of nitrogens with one attached hydrogen (secondary N) is 1. The minimum atomic E-state index is -0.125. The molecule has 0 spiro atoms. The Kier molecular flexibility index (Phi) is 2.93. The topological polar surface area (TPSA) is 80.0 Å². The third-order valence-corrected chi connectivity index (χ3v) is 3.66. The van der Waals surface area contributed by atoms with Gasteiger partial charge < -0.3 is 10.4 Å². The summed E-state index contributed by atoms with van der Waals surface area (Å²) in [4.78, 5) is 16.2. The first-order chi connectivity index (χ1) is 9.60. The second kappa shape index (κ2) is 4.63. The Morgan fingerprint density at radius 1 is 1.50 bits per heavy atom. The first kappa shape index (κ1) is 12.7. The van der Waals surface area contributed by atoms with Crippen molar-refractivity contribution >= 4 is 11.6 Å². The summed E-state index contributed by atoms with van der Waals surface area (Å²) in [7, 11) is 0. The summed E-state index contributed by atoms with van der Waals surface area (Å²) in [5.74, 6) is 0.771. The van der Waals surface area contributed by atoms with E-state index in [0.29, 0.717) is 18.7 Å². The van der Waals surface area contributed by atoms with E-state index in [1.165, 1.54) is 6.33 Å².